The van der Waals surface area contributed by atoms with E-state index in [9.17, 15) is 8.42 Å². The van der Waals surface area contributed by atoms with Gasteiger partial charge in [0.1, 0.15) is 0 Å². The van der Waals surface area contributed by atoms with E-state index in [0.717, 1.165) is 16.7 Å². The zero-order chi connectivity index (χ0) is 17.0. The molecule has 0 aliphatic heterocycles. The molecule has 0 saturated carbocycles. The van der Waals surface area contributed by atoms with Crippen LogP contribution in [-0.2, 0) is 16.6 Å². The van der Waals surface area contributed by atoms with E-state index in [-0.39, 0.29) is 11.4 Å². The number of nitrogens with one attached hydrogen (secondary N) is 1. The summed E-state index contributed by atoms with van der Waals surface area (Å²) < 4.78 is 37.8. The Hall–Kier alpha value is -2.05. The third-order valence-electron chi connectivity index (χ3n) is 3.62. The predicted molar refractivity (Wildman–Crippen MR) is 89.5 cm³/mol. The minimum absolute atomic E-state index is 0.139. The molecular formula is C17H21NO4S. The first kappa shape index (κ1) is 17.3. The molecule has 2 aromatic carbocycles. The summed E-state index contributed by atoms with van der Waals surface area (Å²) in [6.07, 6.45) is 0. The number of hydrogen-bond acceptors (Lipinski definition) is 4. The van der Waals surface area contributed by atoms with Crippen LogP contribution in [0, 0.1) is 13.8 Å². The van der Waals surface area contributed by atoms with Crippen LogP contribution in [0.25, 0.3) is 0 Å². The lowest BCUT2D eigenvalue weighted by atomic mass is 10.1. The topological polar surface area (TPSA) is 64.6 Å². The molecule has 0 bridgehead atoms. The van der Waals surface area contributed by atoms with Crippen molar-refractivity contribution >= 4 is 10.0 Å². The van der Waals surface area contributed by atoms with Crippen molar-refractivity contribution in [2.75, 3.05) is 14.2 Å². The molecule has 0 amide bonds. The van der Waals surface area contributed by atoms with Crippen molar-refractivity contribution in [1.29, 1.82) is 0 Å². The third kappa shape index (κ3) is 4.03. The average Bonchev–Trinajstić information content (AvgIpc) is 2.53. The molecule has 0 atom stereocenters. The Morgan fingerprint density at radius 3 is 2.26 bits per heavy atom. The van der Waals surface area contributed by atoms with Crippen LogP contribution in [0.1, 0.15) is 16.7 Å². The van der Waals surface area contributed by atoms with Gasteiger partial charge in [-0.15, -0.1) is 0 Å². The molecular weight excluding hydrogens is 314 g/mol. The minimum Gasteiger partial charge on any atom is -0.493 e. The molecule has 1 N–H and O–H groups in total. The second kappa shape index (κ2) is 7.02. The van der Waals surface area contributed by atoms with Crippen molar-refractivity contribution in [2.45, 2.75) is 25.3 Å². The Morgan fingerprint density at radius 1 is 0.957 bits per heavy atom. The first-order chi connectivity index (χ1) is 10.9. The third-order valence-corrected chi connectivity index (χ3v) is 5.01. The number of sulfonamides is 1. The van der Waals surface area contributed by atoms with Gasteiger partial charge < -0.3 is 9.47 Å². The first-order valence-corrected chi connectivity index (χ1v) is 8.63. The number of rotatable bonds is 6. The van der Waals surface area contributed by atoms with Gasteiger partial charge in [-0.05, 0) is 37.1 Å². The second-order valence-electron chi connectivity index (χ2n) is 5.27. The lowest BCUT2D eigenvalue weighted by molar-refractivity contribution is 0.354. The highest BCUT2D eigenvalue weighted by Gasteiger charge is 2.17. The van der Waals surface area contributed by atoms with Crippen molar-refractivity contribution in [3.8, 4) is 11.5 Å². The van der Waals surface area contributed by atoms with Gasteiger partial charge >= 0.3 is 0 Å². The van der Waals surface area contributed by atoms with Gasteiger partial charge in [0.2, 0.25) is 10.0 Å². The molecule has 0 aromatic heterocycles. The van der Waals surface area contributed by atoms with Gasteiger partial charge in [-0.2, -0.15) is 0 Å². The summed E-state index contributed by atoms with van der Waals surface area (Å²) >= 11 is 0. The lowest BCUT2D eigenvalue weighted by Crippen LogP contribution is -2.23. The van der Waals surface area contributed by atoms with Crippen LogP contribution in [0.15, 0.2) is 41.3 Å². The minimum atomic E-state index is -3.63. The summed E-state index contributed by atoms with van der Waals surface area (Å²) in [5.41, 5.74) is 3.15. The Labute approximate surface area is 137 Å². The highest BCUT2D eigenvalue weighted by molar-refractivity contribution is 7.89. The molecule has 0 spiro atoms. The standard InChI is InChI=1S/C17H21NO4S/c1-12-5-6-14(13(2)9-12)11-18-23(19,20)15-7-8-16(21-3)17(10-15)22-4/h5-10,18H,11H2,1-4H3. The fourth-order valence-corrected chi connectivity index (χ4v) is 3.31. The predicted octanol–water partition coefficient (Wildman–Crippen LogP) is 2.80. The Bertz CT molecular complexity index is 800. The van der Waals surface area contributed by atoms with Gasteiger partial charge in [0, 0.05) is 12.6 Å². The molecule has 2 aromatic rings. The summed E-state index contributed by atoms with van der Waals surface area (Å²) in [7, 11) is -0.654. The molecule has 0 fully saturated rings. The number of methoxy groups -OCH3 is 2. The summed E-state index contributed by atoms with van der Waals surface area (Å²) in [6.45, 7) is 4.21. The SMILES string of the molecule is COc1ccc(S(=O)(=O)NCc2ccc(C)cc2C)cc1OC. The smallest absolute Gasteiger partial charge is 0.241 e. The van der Waals surface area contributed by atoms with Gasteiger partial charge in [0.15, 0.2) is 11.5 Å². The van der Waals surface area contributed by atoms with E-state index >= 15 is 0 Å². The van der Waals surface area contributed by atoms with Crippen LogP contribution in [0.2, 0.25) is 0 Å². The number of ether oxygens (including phenoxy) is 2. The lowest BCUT2D eigenvalue weighted by Gasteiger charge is -2.12. The zero-order valence-electron chi connectivity index (χ0n) is 13.7. The maximum absolute atomic E-state index is 12.4. The maximum atomic E-state index is 12.4. The normalized spacial score (nSPS) is 11.3. The monoisotopic (exact) mass is 335 g/mol. The van der Waals surface area contributed by atoms with Gasteiger partial charge in [0.25, 0.3) is 0 Å². The largest absolute Gasteiger partial charge is 0.493 e. The number of benzene rings is 2. The highest BCUT2D eigenvalue weighted by atomic mass is 32.2. The fourth-order valence-electron chi connectivity index (χ4n) is 2.28. The quantitative estimate of drug-likeness (QED) is 0.882. The van der Waals surface area contributed by atoms with Crippen LogP contribution in [0.3, 0.4) is 0 Å². The maximum Gasteiger partial charge on any atom is 0.241 e. The van der Waals surface area contributed by atoms with Gasteiger partial charge in [-0.1, -0.05) is 23.8 Å². The van der Waals surface area contributed by atoms with E-state index in [0.29, 0.717) is 11.5 Å². The molecule has 23 heavy (non-hydrogen) atoms. The molecule has 5 nitrogen and oxygen atoms in total. The van der Waals surface area contributed by atoms with Gasteiger partial charge in [-0.25, -0.2) is 13.1 Å². The van der Waals surface area contributed by atoms with E-state index < -0.39 is 10.0 Å². The first-order valence-electron chi connectivity index (χ1n) is 7.15. The molecule has 2 rings (SSSR count). The van der Waals surface area contributed by atoms with Gasteiger partial charge in [-0.3, -0.25) is 0 Å². The summed E-state index contributed by atoms with van der Waals surface area (Å²) in [5, 5.41) is 0. The van der Waals surface area contributed by atoms with E-state index in [4.69, 9.17) is 9.47 Å². The molecule has 0 saturated heterocycles. The Morgan fingerprint density at radius 2 is 1.65 bits per heavy atom. The van der Waals surface area contributed by atoms with Crippen LogP contribution >= 0.6 is 0 Å². The summed E-state index contributed by atoms with van der Waals surface area (Å²) in [4.78, 5) is 0.139. The van der Waals surface area contributed by atoms with Crippen LogP contribution in [0.4, 0.5) is 0 Å². The second-order valence-corrected chi connectivity index (χ2v) is 7.04. The van der Waals surface area contributed by atoms with Crippen molar-refractivity contribution in [3.63, 3.8) is 0 Å². The molecule has 6 heteroatoms. The molecule has 124 valence electrons. The molecule has 0 radical (unpaired) electrons. The molecule has 0 aliphatic carbocycles. The van der Waals surface area contributed by atoms with Crippen molar-refractivity contribution < 1.29 is 17.9 Å². The van der Waals surface area contributed by atoms with Crippen molar-refractivity contribution in [3.05, 3.63) is 53.1 Å². The summed E-state index contributed by atoms with van der Waals surface area (Å²) in [5.74, 6) is 0.864. The Kier molecular flexibility index (Phi) is 5.28. The number of hydrogen-bond donors (Lipinski definition) is 1. The van der Waals surface area contributed by atoms with E-state index in [1.807, 2.05) is 32.0 Å². The number of aryl methyl sites for hydroxylation is 2. The van der Waals surface area contributed by atoms with E-state index in [2.05, 4.69) is 4.72 Å². The molecule has 0 aliphatic rings. The molecule has 0 unspecified atom stereocenters. The average molecular weight is 335 g/mol. The van der Waals surface area contributed by atoms with Crippen molar-refractivity contribution in [1.82, 2.24) is 4.72 Å². The molecule has 0 heterocycles. The fraction of sp³-hybridized carbons (Fsp3) is 0.294. The van der Waals surface area contributed by atoms with E-state index in [1.165, 1.54) is 26.4 Å². The van der Waals surface area contributed by atoms with Crippen LogP contribution in [0.5, 0.6) is 11.5 Å². The van der Waals surface area contributed by atoms with Crippen LogP contribution < -0.4 is 14.2 Å². The highest BCUT2D eigenvalue weighted by Crippen LogP contribution is 2.29. The summed E-state index contributed by atoms with van der Waals surface area (Å²) in [6, 6.07) is 10.4. The van der Waals surface area contributed by atoms with Crippen LogP contribution in [-0.4, -0.2) is 22.6 Å². The van der Waals surface area contributed by atoms with Crippen molar-refractivity contribution in [2.24, 2.45) is 0 Å². The Balaban J connectivity index is 2.22. The zero-order valence-corrected chi connectivity index (χ0v) is 14.5. The van der Waals surface area contributed by atoms with E-state index in [1.54, 1.807) is 6.07 Å². The van der Waals surface area contributed by atoms with Gasteiger partial charge in [0.05, 0.1) is 19.1 Å².